The third-order valence-corrected chi connectivity index (χ3v) is 3.00. The third kappa shape index (κ3) is 1.38. The Balaban J connectivity index is 2.26. The van der Waals surface area contributed by atoms with Crippen molar-refractivity contribution in [1.82, 2.24) is 0 Å². The molecule has 0 spiro atoms. The molecule has 1 aliphatic carbocycles. The highest BCUT2D eigenvalue weighted by Crippen LogP contribution is 2.35. The summed E-state index contributed by atoms with van der Waals surface area (Å²) in [6, 6.07) is 0. The summed E-state index contributed by atoms with van der Waals surface area (Å²) in [6.45, 7) is 3.02. The monoisotopic (exact) mass is 184 g/mol. The molecule has 0 N–H and O–H groups in total. The smallest absolute Gasteiger partial charge is 0.119 e. The van der Waals surface area contributed by atoms with Crippen molar-refractivity contribution in [2.24, 2.45) is 5.92 Å². The van der Waals surface area contributed by atoms with E-state index in [0.717, 1.165) is 30.2 Å². The summed E-state index contributed by atoms with van der Waals surface area (Å²) < 4.78 is 5.52. The predicted molar refractivity (Wildman–Crippen MR) is 49.9 cm³/mol. The lowest BCUT2D eigenvalue weighted by Gasteiger charge is -2.26. The van der Waals surface area contributed by atoms with Crippen LogP contribution in [-0.2, 0) is 4.74 Å². The minimum Gasteiger partial charge on any atom is -0.494 e. The second-order valence-electron chi connectivity index (χ2n) is 3.55. The lowest BCUT2D eigenvalue weighted by atomic mass is 9.91. The zero-order chi connectivity index (χ0) is 8.55. The Morgan fingerprint density at radius 3 is 3.25 bits per heavy atom. The van der Waals surface area contributed by atoms with E-state index in [1.54, 1.807) is 0 Å². The van der Waals surface area contributed by atoms with Gasteiger partial charge in [0.1, 0.15) is 5.76 Å². The van der Waals surface area contributed by atoms with Gasteiger partial charge >= 0.3 is 0 Å². The van der Waals surface area contributed by atoms with E-state index in [0.29, 0.717) is 5.92 Å². The van der Waals surface area contributed by atoms with Crippen LogP contribution in [0.2, 0.25) is 0 Å². The van der Waals surface area contributed by atoms with E-state index in [1.165, 1.54) is 12.0 Å². The Morgan fingerprint density at radius 2 is 2.42 bits per heavy atom. The van der Waals surface area contributed by atoms with Gasteiger partial charge in [-0.05, 0) is 36.8 Å². The van der Waals surface area contributed by atoms with E-state index in [-0.39, 0.29) is 0 Å². The summed E-state index contributed by atoms with van der Waals surface area (Å²) in [5.74, 6) is 1.54. The molecule has 1 nitrogen and oxygen atoms in total. The largest absolute Gasteiger partial charge is 0.494 e. The fraction of sp³-hybridized carbons (Fsp3) is 0.600. The first-order valence-corrected chi connectivity index (χ1v) is 4.87. The van der Waals surface area contributed by atoms with E-state index in [1.807, 2.05) is 6.08 Å². The van der Waals surface area contributed by atoms with Gasteiger partial charge in [-0.25, -0.2) is 0 Å². The molecule has 0 aromatic rings. The first-order valence-electron chi connectivity index (χ1n) is 4.49. The molecule has 0 aromatic heterocycles. The van der Waals surface area contributed by atoms with Crippen molar-refractivity contribution in [3.8, 4) is 0 Å². The molecule has 2 aliphatic rings. The molecule has 1 heterocycles. The van der Waals surface area contributed by atoms with Crippen molar-refractivity contribution in [1.29, 1.82) is 0 Å². The molecular formula is C10H13ClO. The fourth-order valence-electron chi connectivity index (χ4n) is 1.77. The van der Waals surface area contributed by atoms with E-state index < -0.39 is 0 Å². The summed E-state index contributed by atoms with van der Waals surface area (Å²) in [4.78, 5) is 0. The lowest BCUT2D eigenvalue weighted by Crippen LogP contribution is -2.12. The van der Waals surface area contributed by atoms with Crippen LogP contribution in [0.15, 0.2) is 22.4 Å². The highest BCUT2D eigenvalue weighted by molar-refractivity contribution is 6.30. The van der Waals surface area contributed by atoms with Gasteiger partial charge in [-0.1, -0.05) is 18.5 Å². The Morgan fingerprint density at radius 1 is 1.58 bits per heavy atom. The highest BCUT2D eigenvalue weighted by Gasteiger charge is 2.21. The van der Waals surface area contributed by atoms with Crippen LogP contribution < -0.4 is 0 Å². The van der Waals surface area contributed by atoms with E-state index in [2.05, 4.69) is 6.92 Å². The summed E-state index contributed by atoms with van der Waals surface area (Å²) >= 11 is 6.03. The van der Waals surface area contributed by atoms with Crippen LogP contribution in [0.5, 0.6) is 0 Å². The highest BCUT2D eigenvalue weighted by atomic mass is 35.5. The Hall–Kier alpha value is -0.430. The molecule has 0 aromatic carbocycles. The minimum atomic E-state index is 0.493. The molecule has 0 radical (unpaired) electrons. The molecule has 2 rings (SSSR count). The van der Waals surface area contributed by atoms with Crippen molar-refractivity contribution >= 4 is 11.6 Å². The number of allylic oxidation sites excluding steroid dienone is 3. The van der Waals surface area contributed by atoms with Gasteiger partial charge in [-0.15, -0.1) is 0 Å². The molecule has 0 saturated heterocycles. The molecule has 0 bridgehead atoms. The second kappa shape index (κ2) is 3.14. The van der Waals surface area contributed by atoms with Gasteiger partial charge in [0.2, 0.25) is 0 Å². The second-order valence-corrected chi connectivity index (χ2v) is 3.99. The lowest BCUT2D eigenvalue weighted by molar-refractivity contribution is 0.193. The van der Waals surface area contributed by atoms with Gasteiger partial charge in [0.15, 0.2) is 0 Å². The fourth-order valence-corrected chi connectivity index (χ4v) is 1.95. The standard InChI is InChI=1S/C10H13ClO/c1-7-5-8-3-2-4-12-10(8)6-9(7)11/h6-7H,2-5H2,1H3. The number of rotatable bonds is 0. The van der Waals surface area contributed by atoms with Crippen molar-refractivity contribution in [2.45, 2.75) is 26.2 Å². The van der Waals surface area contributed by atoms with Gasteiger partial charge in [-0.2, -0.15) is 0 Å². The van der Waals surface area contributed by atoms with E-state index in [4.69, 9.17) is 16.3 Å². The van der Waals surface area contributed by atoms with Crippen LogP contribution in [0.4, 0.5) is 0 Å². The van der Waals surface area contributed by atoms with Gasteiger partial charge in [0.25, 0.3) is 0 Å². The average molecular weight is 185 g/mol. The number of hydrogen-bond acceptors (Lipinski definition) is 1. The number of ether oxygens (including phenoxy) is 1. The van der Waals surface area contributed by atoms with E-state index >= 15 is 0 Å². The zero-order valence-corrected chi connectivity index (χ0v) is 8.03. The van der Waals surface area contributed by atoms with Crippen molar-refractivity contribution in [3.63, 3.8) is 0 Å². The summed E-state index contributed by atoms with van der Waals surface area (Å²) in [5.41, 5.74) is 1.46. The van der Waals surface area contributed by atoms with Gasteiger partial charge in [-0.3, -0.25) is 0 Å². The molecule has 0 saturated carbocycles. The maximum Gasteiger partial charge on any atom is 0.119 e. The Kier molecular flexibility index (Phi) is 2.14. The Labute approximate surface area is 78.0 Å². The normalized spacial score (nSPS) is 29.2. The first-order chi connectivity index (χ1) is 5.77. The molecule has 0 amide bonds. The van der Waals surface area contributed by atoms with Crippen LogP contribution in [0.1, 0.15) is 26.2 Å². The molecule has 12 heavy (non-hydrogen) atoms. The van der Waals surface area contributed by atoms with Crippen LogP contribution in [0.25, 0.3) is 0 Å². The minimum absolute atomic E-state index is 0.493. The molecule has 66 valence electrons. The van der Waals surface area contributed by atoms with Crippen LogP contribution in [0, 0.1) is 5.92 Å². The van der Waals surface area contributed by atoms with Crippen LogP contribution in [0.3, 0.4) is 0 Å². The molecular weight excluding hydrogens is 172 g/mol. The topological polar surface area (TPSA) is 9.23 Å². The summed E-state index contributed by atoms with van der Waals surface area (Å²) in [7, 11) is 0. The van der Waals surface area contributed by atoms with Crippen molar-refractivity contribution in [3.05, 3.63) is 22.4 Å². The molecule has 1 atom stereocenters. The quantitative estimate of drug-likeness (QED) is 0.562. The van der Waals surface area contributed by atoms with Crippen molar-refractivity contribution < 1.29 is 4.74 Å². The van der Waals surface area contributed by atoms with Crippen molar-refractivity contribution in [2.75, 3.05) is 6.61 Å². The maximum absolute atomic E-state index is 6.03. The summed E-state index contributed by atoms with van der Waals surface area (Å²) in [5, 5.41) is 0.940. The molecule has 1 aliphatic heterocycles. The summed E-state index contributed by atoms with van der Waals surface area (Å²) in [6.07, 6.45) is 5.44. The Bertz CT molecular complexity index is 253. The first kappa shape index (κ1) is 8.18. The van der Waals surface area contributed by atoms with Crippen LogP contribution >= 0.6 is 11.6 Å². The third-order valence-electron chi connectivity index (χ3n) is 2.52. The number of hydrogen-bond donors (Lipinski definition) is 0. The van der Waals surface area contributed by atoms with Gasteiger partial charge < -0.3 is 4.74 Å². The SMILES string of the molecule is CC1CC2=C(C=C1Cl)OCCC2. The van der Waals surface area contributed by atoms with Gasteiger partial charge in [0.05, 0.1) is 6.61 Å². The van der Waals surface area contributed by atoms with E-state index in [9.17, 15) is 0 Å². The van der Waals surface area contributed by atoms with Crippen LogP contribution in [-0.4, -0.2) is 6.61 Å². The van der Waals surface area contributed by atoms with Gasteiger partial charge in [0, 0.05) is 5.03 Å². The maximum atomic E-state index is 6.03. The molecule has 2 heteroatoms. The average Bonchev–Trinajstić information content (AvgIpc) is 2.07. The molecule has 1 unspecified atom stereocenters. The number of halogens is 1. The molecule has 0 fully saturated rings. The zero-order valence-electron chi connectivity index (χ0n) is 7.27. The predicted octanol–water partition coefficient (Wildman–Crippen LogP) is 3.21.